The SMILES string of the molecule is COc1cc2c(cc1OC)[C@@H]([C@H]1c3cc4c(cc3CCN1C)OCO4)OC2=O. The number of carbonyl (C=O) groups excluding carboxylic acids is 1. The van der Waals surface area contributed by atoms with Crippen LogP contribution in [-0.4, -0.2) is 45.5 Å². The number of benzene rings is 2. The lowest BCUT2D eigenvalue weighted by Crippen LogP contribution is -2.36. The second kappa shape index (κ2) is 6.31. The maximum absolute atomic E-state index is 12.6. The normalized spacial score (nSPS) is 22.5. The highest BCUT2D eigenvalue weighted by Gasteiger charge is 2.43. The number of likely N-dealkylation sites (N-methyl/N-ethyl adjacent to an activating group) is 1. The number of fused-ring (bicyclic) bond motifs is 3. The second-order valence-electron chi connectivity index (χ2n) is 7.20. The Morgan fingerprint density at radius 1 is 1.00 bits per heavy atom. The van der Waals surface area contributed by atoms with Gasteiger partial charge in [-0.25, -0.2) is 4.79 Å². The van der Waals surface area contributed by atoms with Gasteiger partial charge in [0.05, 0.1) is 25.8 Å². The molecule has 7 heteroatoms. The quantitative estimate of drug-likeness (QED) is 0.755. The van der Waals surface area contributed by atoms with E-state index < -0.39 is 6.10 Å². The van der Waals surface area contributed by atoms with Crippen LogP contribution in [0.4, 0.5) is 0 Å². The smallest absolute Gasteiger partial charge is 0.339 e. The number of carbonyl (C=O) groups is 1. The Kier molecular flexibility index (Phi) is 3.87. The largest absolute Gasteiger partial charge is 0.493 e. The summed E-state index contributed by atoms with van der Waals surface area (Å²) in [7, 11) is 5.18. The van der Waals surface area contributed by atoms with Crippen LogP contribution < -0.4 is 18.9 Å². The van der Waals surface area contributed by atoms with E-state index in [2.05, 4.69) is 4.90 Å². The zero-order chi connectivity index (χ0) is 19.4. The summed E-state index contributed by atoms with van der Waals surface area (Å²) in [5, 5.41) is 0. The molecule has 0 amide bonds. The second-order valence-corrected chi connectivity index (χ2v) is 7.20. The maximum Gasteiger partial charge on any atom is 0.339 e. The van der Waals surface area contributed by atoms with E-state index in [1.807, 2.05) is 25.2 Å². The Bertz CT molecular complexity index is 972. The Morgan fingerprint density at radius 3 is 2.46 bits per heavy atom. The van der Waals surface area contributed by atoms with Gasteiger partial charge in [-0.2, -0.15) is 0 Å². The Labute approximate surface area is 162 Å². The summed E-state index contributed by atoms with van der Waals surface area (Å²) >= 11 is 0. The molecule has 3 aliphatic heterocycles. The van der Waals surface area contributed by atoms with Crippen LogP contribution >= 0.6 is 0 Å². The minimum Gasteiger partial charge on any atom is -0.493 e. The number of hydrogen-bond acceptors (Lipinski definition) is 7. The van der Waals surface area contributed by atoms with Crippen molar-refractivity contribution in [1.82, 2.24) is 4.90 Å². The zero-order valence-electron chi connectivity index (χ0n) is 16.0. The molecule has 7 nitrogen and oxygen atoms in total. The van der Waals surface area contributed by atoms with Gasteiger partial charge in [-0.15, -0.1) is 0 Å². The number of hydrogen-bond donors (Lipinski definition) is 0. The third-order valence-electron chi connectivity index (χ3n) is 5.76. The minimum atomic E-state index is -0.438. The molecule has 0 radical (unpaired) electrons. The molecule has 0 aromatic heterocycles. The van der Waals surface area contributed by atoms with E-state index >= 15 is 0 Å². The molecule has 2 aromatic rings. The highest BCUT2D eigenvalue weighted by Crippen LogP contribution is 2.49. The van der Waals surface area contributed by atoms with Crippen molar-refractivity contribution in [2.24, 2.45) is 0 Å². The van der Waals surface area contributed by atoms with Crippen molar-refractivity contribution >= 4 is 5.97 Å². The summed E-state index contributed by atoms with van der Waals surface area (Å²) in [4.78, 5) is 14.8. The van der Waals surface area contributed by atoms with Crippen molar-refractivity contribution in [3.05, 3.63) is 46.5 Å². The fraction of sp³-hybridized carbons (Fsp3) is 0.381. The predicted octanol–water partition coefficient (Wildman–Crippen LogP) is 2.87. The van der Waals surface area contributed by atoms with Gasteiger partial charge >= 0.3 is 5.97 Å². The molecule has 0 saturated heterocycles. The van der Waals surface area contributed by atoms with Crippen LogP contribution in [0.2, 0.25) is 0 Å². The average molecular weight is 383 g/mol. The molecule has 2 aromatic carbocycles. The van der Waals surface area contributed by atoms with Gasteiger partial charge in [0.25, 0.3) is 0 Å². The summed E-state index contributed by atoms with van der Waals surface area (Å²) in [5.41, 5.74) is 3.62. The standard InChI is InChI=1S/C21H21NO6/c1-22-5-4-11-6-17-18(27-10-26-17)7-12(11)19(22)20-13-8-15(24-2)16(25-3)9-14(13)21(23)28-20/h6-9,19-20H,4-5,10H2,1-3H3/t19-,20+/m1/s1. The first-order valence-corrected chi connectivity index (χ1v) is 9.20. The van der Waals surface area contributed by atoms with Crippen LogP contribution in [0.1, 0.15) is 39.2 Å². The van der Waals surface area contributed by atoms with Crippen molar-refractivity contribution in [3.8, 4) is 23.0 Å². The average Bonchev–Trinajstić information content (AvgIpc) is 3.29. The number of nitrogens with zero attached hydrogens (tertiary/aromatic N) is 1. The van der Waals surface area contributed by atoms with Crippen LogP contribution in [-0.2, 0) is 11.2 Å². The summed E-state index contributed by atoms with van der Waals surface area (Å²) in [6.45, 7) is 1.09. The third-order valence-corrected chi connectivity index (χ3v) is 5.76. The first-order valence-electron chi connectivity index (χ1n) is 9.20. The van der Waals surface area contributed by atoms with E-state index in [1.54, 1.807) is 20.3 Å². The fourth-order valence-corrected chi connectivity index (χ4v) is 4.34. The molecule has 3 heterocycles. The topological polar surface area (TPSA) is 66.5 Å². The molecule has 0 fully saturated rings. The van der Waals surface area contributed by atoms with Gasteiger partial charge in [-0.3, -0.25) is 4.90 Å². The number of methoxy groups -OCH3 is 2. The molecule has 5 rings (SSSR count). The lowest BCUT2D eigenvalue weighted by atomic mass is 9.86. The van der Waals surface area contributed by atoms with Crippen LogP contribution in [0, 0.1) is 0 Å². The molecule has 0 N–H and O–H groups in total. The first kappa shape index (κ1) is 17.2. The van der Waals surface area contributed by atoms with Crippen LogP contribution in [0.15, 0.2) is 24.3 Å². The Hall–Kier alpha value is -2.93. The lowest BCUT2D eigenvalue weighted by molar-refractivity contribution is 0.00939. The van der Waals surface area contributed by atoms with E-state index in [9.17, 15) is 4.79 Å². The molecule has 3 aliphatic rings. The first-order chi connectivity index (χ1) is 13.6. The summed E-state index contributed by atoms with van der Waals surface area (Å²) < 4.78 is 27.8. The fourth-order valence-electron chi connectivity index (χ4n) is 4.34. The van der Waals surface area contributed by atoms with Crippen molar-refractivity contribution in [3.63, 3.8) is 0 Å². The van der Waals surface area contributed by atoms with E-state index in [0.717, 1.165) is 35.6 Å². The van der Waals surface area contributed by atoms with Crippen molar-refractivity contribution < 1.29 is 28.5 Å². The third kappa shape index (κ3) is 2.43. The van der Waals surface area contributed by atoms with Gasteiger partial charge in [0, 0.05) is 12.1 Å². The monoisotopic (exact) mass is 383 g/mol. The van der Waals surface area contributed by atoms with Crippen LogP contribution in [0.25, 0.3) is 0 Å². The predicted molar refractivity (Wildman–Crippen MR) is 99.3 cm³/mol. The molecule has 2 atom stereocenters. The molecule has 146 valence electrons. The van der Waals surface area contributed by atoms with Crippen molar-refractivity contribution in [1.29, 1.82) is 0 Å². The van der Waals surface area contributed by atoms with E-state index in [-0.39, 0.29) is 18.8 Å². The molecule has 0 aliphatic carbocycles. The van der Waals surface area contributed by atoms with E-state index in [0.29, 0.717) is 17.1 Å². The summed E-state index contributed by atoms with van der Waals surface area (Å²) in [6.07, 6.45) is 0.463. The Balaban J connectivity index is 1.63. The number of esters is 1. The molecular weight excluding hydrogens is 362 g/mol. The van der Waals surface area contributed by atoms with Crippen LogP contribution in [0.5, 0.6) is 23.0 Å². The van der Waals surface area contributed by atoms with Crippen molar-refractivity contribution in [2.45, 2.75) is 18.6 Å². The molecule has 0 saturated carbocycles. The van der Waals surface area contributed by atoms with E-state index in [1.165, 1.54) is 5.56 Å². The maximum atomic E-state index is 12.6. The van der Waals surface area contributed by atoms with Gasteiger partial charge in [-0.1, -0.05) is 0 Å². The zero-order valence-corrected chi connectivity index (χ0v) is 16.0. The highest BCUT2D eigenvalue weighted by molar-refractivity contribution is 5.95. The van der Waals surface area contributed by atoms with Crippen LogP contribution in [0.3, 0.4) is 0 Å². The Morgan fingerprint density at radius 2 is 1.71 bits per heavy atom. The number of rotatable bonds is 3. The summed E-state index contributed by atoms with van der Waals surface area (Å²) in [5.74, 6) is 2.25. The van der Waals surface area contributed by atoms with Gasteiger partial charge < -0.3 is 23.7 Å². The van der Waals surface area contributed by atoms with E-state index in [4.69, 9.17) is 23.7 Å². The highest BCUT2D eigenvalue weighted by atomic mass is 16.7. The van der Waals surface area contributed by atoms with Gasteiger partial charge in [-0.05, 0) is 48.9 Å². The molecular formula is C21H21NO6. The summed E-state index contributed by atoms with van der Waals surface area (Å²) in [6, 6.07) is 7.48. The molecule has 0 bridgehead atoms. The van der Waals surface area contributed by atoms with Crippen molar-refractivity contribution in [2.75, 3.05) is 34.6 Å². The molecule has 28 heavy (non-hydrogen) atoms. The number of ether oxygens (including phenoxy) is 5. The minimum absolute atomic E-state index is 0.124. The van der Waals surface area contributed by atoms with Gasteiger partial charge in [0.1, 0.15) is 6.10 Å². The molecule has 0 unspecified atom stereocenters. The lowest BCUT2D eigenvalue weighted by Gasteiger charge is -2.37. The van der Waals surface area contributed by atoms with Gasteiger partial charge in [0.2, 0.25) is 6.79 Å². The number of cyclic esters (lactones) is 1. The van der Waals surface area contributed by atoms with Gasteiger partial charge in [0.15, 0.2) is 23.0 Å². The molecule has 0 spiro atoms.